The first-order valence-corrected chi connectivity index (χ1v) is 7.18. The molecule has 1 amide bonds. The van der Waals surface area contributed by atoms with E-state index in [0.717, 1.165) is 6.42 Å². The van der Waals surface area contributed by atoms with E-state index in [-0.39, 0.29) is 25.5 Å². The SMILES string of the molecule is CCCC(C)(O)CNC(=O)CCOc1cccc(Cl)c1. The second-order valence-corrected chi connectivity index (χ2v) is 5.52. The van der Waals surface area contributed by atoms with Crippen LogP contribution in [-0.2, 0) is 4.79 Å². The molecular formula is C15H22ClNO3. The van der Waals surface area contributed by atoms with Crippen LogP contribution in [0.4, 0.5) is 0 Å². The molecule has 20 heavy (non-hydrogen) atoms. The quantitative estimate of drug-likeness (QED) is 0.776. The number of hydrogen-bond acceptors (Lipinski definition) is 3. The molecule has 0 heterocycles. The van der Waals surface area contributed by atoms with E-state index in [4.69, 9.17) is 16.3 Å². The maximum Gasteiger partial charge on any atom is 0.223 e. The molecule has 2 N–H and O–H groups in total. The summed E-state index contributed by atoms with van der Waals surface area (Å²) in [5.41, 5.74) is -0.849. The Morgan fingerprint density at radius 3 is 2.90 bits per heavy atom. The van der Waals surface area contributed by atoms with Crippen molar-refractivity contribution in [3.8, 4) is 5.75 Å². The van der Waals surface area contributed by atoms with Crippen LogP contribution in [0.25, 0.3) is 0 Å². The van der Waals surface area contributed by atoms with Crippen molar-refractivity contribution in [3.63, 3.8) is 0 Å². The molecule has 0 fully saturated rings. The number of rotatable bonds is 8. The van der Waals surface area contributed by atoms with E-state index in [2.05, 4.69) is 5.32 Å². The van der Waals surface area contributed by atoms with Gasteiger partial charge in [-0.05, 0) is 31.5 Å². The van der Waals surface area contributed by atoms with Crippen LogP contribution in [0, 0.1) is 0 Å². The van der Waals surface area contributed by atoms with Crippen LogP contribution in [-0.4, -0.2) is 29.8 Å². The smallest absolute Gasteiger partial charge is 0.223 e. The number of nitrogens with one attached hydrogen (secondary N) is 1. The lowest BCUT2D eigenvalue weighted by Gasteiger charge is -2.22. The number of amides is 1. The fourth-order valence-corrected chi connectivity index (χ4v) is 2.00. The molecule has 1 unspecified atom stereocenters. The summed E-state index contributed by atoms with van der Waals surface area (Å²) < 4.78 is 5.43. The molecule has 5 heteroatoms. The highest BCUT2D eigenvalue weighted by Crippen LogP contribution is 2.17. The lowest BCUT2D eigenvalue weighted by molar-refractivity contribution is -0.122. The van der Waals surface area contributed by atoms with Crippen molar-refractivity contribution in [2.24, 2.45) is 0 Å². The van der Waals surface area contributed by atoms with Crippen LogP contribution in [0.3, 0.4) is 0 Å². The Morgan fingerprint density at radius 2 is 2.25 bits per heavy atom. The summed E-state index contributed by atoms with van der Waals surface area (Å²) in [5.74, 6) is 0.506. The minimum atomic E-state index is -0.849. The van der Waals surface area contributed by atoms with Crippen LogP contribution in [0.1, 0.15) is 33.1 Å². The summed E-state index contributed by atoms with van der Waals surface area (Å²) in [7, 11) is 0. The van der Waals surface area contributed by atoms with Crippen molar-refractivity contribution in [1.29, 1.82) is 0 Å². The summed E-state index contributed by atoms with van der Waals surface area (Å²) in [4.78, 5) is 11.6. The van der Waals surface area contributed by atoms with E-state index in [1.807, 2.05) is 6.92 Å². The Balaban J connectivity index is 2.23. The van der Waals surface area contributed by atoms with E-state index < -0.39 is 5.60 Å². The normalized spacial score (nSPS) is 13.6. The maximum absolute atomic E-state index is 11.6. The topological polar surface area (TPSA) is 58.6 Å². The first kappa shape index (κ1) is 16.8. The molecule has 0 spiro atoms. The second-order valence-electron chi connectivity index (χ2n) is 5.08. The van der Waals surface area contributed by atoms with Gasteiger partial charge in [0.2, 0.25) is 5.91 Å². The number of carbonyl (C=O) groups is 1. The molecule has 0 aromatic heterocycles. The number of aliphatic hydroxyl groups is 1. The summed E-state index contributed by atoms with van der Waals surface area (Å²) in [6.07, 6.45) is 1.78. The fourth-order valence-electron chi connectivity index (χ4n) is 1.82. The first-order valence-electron chi connectivity index (χ1n) is 6.80. The molecule has 0 saturated heterocycles. The van der Waals surface area contributed by atoms with Crippen molar-refractivity contribution in [3.05, 3.63) is 29.3 Å². The van der Waals surface area contributed by atoms with Crippen molar-refractivity contribution >= 4 is 17.5 Å². The Morgan fingerprint density at radius 1 is 1.50 bits per heavy atom. The average Bonchev–Trinajstić information content (AvgIpc) is 2.37. The molecule has 1 atom stereocenters. The Bertz CT molecular complexity index is 435. The highest BCUT2D eigenvalue weighted by Gasteiger charge is 2.19. The third-order valence-corrected chi connectivity index (χ3v) is 3.08. The predicted molar refractivity (Wildman–Crippen MR) is 80.1 cm³/mol. The summed E-state index contributed by atoms with van der Waals surface area (Å²) in [6, 6.07) is 7.04. The zero-order valence-electron chi connectivity index (χ0n) is 12.0. The lowest BCUT2D eigenvalue weighted by atomic mass is 10.0. The highest BCUT2D eigenvalue weighted by molar-refractivity contribution is 6.30. The van der Waals surface area contributed by atoms with Crippen LogP contribution >= 0.6 is 11.6 Å². The molecule has 112 valence electrons. The van der Waals surface area contributed by atoms with Gasteiger partial charge in [-0.3, -0.25) is 4.79 Å². The van der Waals surface area contributed by atoms with Gasteiger partial charge in [-0.1, -0.05) is 31.0 Å². The van der Waals surface area contributed by atoms with E-state index in [1.54, 1.807) is 31.2 Å². The van der Waals surface area contributed by atoms with Crippen LogP contribution in [0.2, 0.25) is 5.02 Å². The van der Waals surface area contributed by atoms with Crippen molar-refractivity contribution in [2.75, 3.05) is 13.2 Å². The molecule has 0 aliphatic rings. The van der Waals surface area contributed by atoms with Crippen LogP contribution < -0.4 is 10.1 Å². The summed E-state index contributed by atoms with van der Waals surface area (Å²) in [5, 5.41) is 13.2. The van der Waals surface area contributed by atoms with E-state index in [0.29, 0.717) is 17.2 Å². The molecule has 1 aromatic rings. The fraction of sp³-hybridized carbons (Fsp3) is 0.533. The summed E-state index contributed by atoms with van der Waals surface area (Å²) >= 11 is 5.83. The van der Waals surface area contributed by atoms with Gasteiger partial charge < -0.3 is 15.2 Å². The molecule has 0 saturated carbocycles. The highest BCUT2D eigenvalue weighted by atomic mass is 35.5. The molecule has 0 aliphatic heterocycles. The van der Waals surface area contributed by atoms with Gasteiger partial charge in [0.15, 0.2) is 0 Å². The largest absolute Gasteiger partial charge is 0.493 e. The minimum Gasteiger partial charge on any atom is -0.493 e. The van der Waals surface area contributed by atoms with Crippen LogP contribution in [0.15, 0.2) is 24.3 Å². The Labute approximate surface area is 125 Å². The van der Waals surface area contributed by atoms with E-state index in [9.17, 15) is 9.90 Å². The third-order valence-electron chi connectivity index (χ3n) is 2.85. The molecule has 1 rings (SSSR count). The van der Waals surface area contributed by atoms with Gasteiger partial charge in [0.05, 0.1) is 18.6 Å². The van der Waals surface area contributed by atoms with Crippen molar-refractivity contribution in [2.45, 2.75) is 38.7 Å². The molecular weight excluding hydrogens is 278 g/mol. The predicted octanol–water partition coefficient (Wildman–Crippen LogP) is 2.78. The number of benzene rings is 1. The molecule has 0 radical (unpaired) electrons. The van der Waals surface area contributed by atoms with Gasteiger partial charge in [0, 0.05) is 11.6 Å². The molecule has 4 nitrogen and oxygen atoms in total. The Kier molecular flexibility index (Phi) is 6.82. The average molecular weight is 300 g/mol. The van der Waals surface area contributed by atoms with Gasteiger partial charge in [0.1, 0.15) is 5.75 Å². The van der Waals surface area contributed by atoms with Gasteiger partial charge in [-0.2, -0.15) is 0 Å². The van der Waals surface area contributed by atoms with Crippen molar-refractivity contribution < 1.29 is 14.6 Å². The maximum atomic E-state index is 11.6. The minimum absolute atomic E-state index is 0.136. The molecule has 0 aliphatic carbocycles. The van der Waals surface area contributed by atoms with Gasteiger partial charge in [0.25, 0.3) is 0 Å². The van der Waals surface area contributed by atoms with Crippen LogP contribution in [0.5, 0.6) is 5.75 Å². The number of carbonyl (C=O) groups excluding carboxylic acids is 1. The zero-order valence-corrected chi connectivity index (χ0v) is 12.7. The summed E-state index contributed by atoms with van der Waals surface area (Å²) in [6.45, 7) is 4.26. The number of halogens is 1. The second kappa shape index (κ2) is 8.12. The lowest BCUT2D eigenvalue weighted by Crippen LogP contribution is -2.40. The zero-order chi connectivity index (χ0) is 15.0. The standard InChI is InChI=1S/C15H22ClNO3/c1-3-8-15(2,19)11-17-14(18)7-9-20-13-6-4-5-12(16)10-13/h4-6,10,19H,3,7-9,11H2,1-2H3,(H,17,18). The third kappa shape index (κ3) is 6.78. The van der Waals surface area contributed by atoms with Gasteiger partial charge in [-0.15, -0.1) is 0 Å². The van der Waals surface area contributed by atoms with E-state index in [1.165, 1.54) is 0 Å². The molecule has 1 aromatic carbocycles. The van der Waals surface area contributed by atoms with Gasteiger partial charge >= 0.3 is 0 Å². The number of hydrogen-bond donors (Lipinski definition) is 2. The number of ether oxygens (including phenoxy) is 1. The Hall–Kier alpha value is -1.26. The van der Waals surface area contributed by atoms with E-state index >= 15 is 0 Å². The monoisotopic (exact) mass is 299 g/mol. The first-order chi connectivity index (χ1) is 9.43. The van der Waals surface area contributed by atoms with Crippen molar-refractivity contribution in [1.82, 2.24) is 5.32 Å². The molecule has 0 bridgehead atoms. The van der Waals surface area contributed by atoms with Gasteiger partial charge in [-0.25, -0.2) is 0 Å².